The van der Waals surface area contributed by atoms with E-state index in [0.717, 1.165) is 38.2 Å². The number of methoxy groups -OCH3 is 3. The third-order valence-electron chi connectivity index (χ3n) is 5.55. The Balaban J connectivity index is 1.88. The summed E-state index contributed by atoms with van der Waals surface area (Å²) >= 11 is 1.80. The van der Waals surface area contributed by atoms with Gasteiger partial charge in [0.15, 0.2) is 11.5 Å². The van der Waals surface area contributed by atoms with Gasteiger partial charge in [-0.15, -0.1) is 11.3 Å². The molecule has 1 N–H and O–H groups in total. The predicted octanol–water partition coefficient (Wildman–Crippen LogP) is 4.31. The largest absolute Gasteiger partial charge is 0.493 e. The van der Waals surface area contributed by atoms with E-state index in [2.05, 4.69) is 52.0 Å². The van der Waals surface area contributed by atoms with Crippen LogP contribution in [0.1, 0.15) is 23.6 Å². The molecular weight excluding hydrogens is 384 g/mol. The summed E-state index contributed by atoms with van der Waals surface area (Å²) in [6.45, 7) is 4.08. The first-order valence-corrected chi connectivity index (χ1v) is 10.9. The summed E-state index contributed by atoms with van der Waals surface area (Å²) in [5.74, 6) is 2.02. The Morgan fingerprint density at radius 2 is 1.72 bits per heavy atom. The van der Waals surface area contributed by atoms with Gasteiger partial charge in [-0.25, -0.2) is 0 Å². The number of thiophene rings is 1. The lowest BCUT2D eigenvalue weighted by Gasteiger charge is -2.31. The number of fused-ring (bicyclic) bond motifs is 1. The normalized spacial score (nSPS) is 16.4. The van der Waals surface area contributed by atoms with Crippen LogP contribution in [0.5, 0.6) is 17.2 Å². The number of rotatable bonds is 6. The molecule has 1 atom stereocenters. The van der Waals surface area contributed by atoms with Gasteiger partial charge in [-0.1, -0.05) is 18.2 Å². The average molecular weight is 413 g/mol. The van der Waals surface area contributed by atoms with Gasteiger partial charge in [0.1, 0.15) is 0 Å². The third-order valence-corrected chi connectivity index (χ3v) is 6.53. The molecule has 1 aromatic heterocycles. The van der Waals surface area contributed by atoms with Crippen LogP contribution in [0.4, 0.5) is 0 Å². The minimum absolute atomic E-state index is 0.125. The molecule has 6 heteroatoms. The molecule has 29 heavy (non-hydrogen) atoms. The Labute approximate surface area is 176 Å². The van der Waals surface area contributed by atoms with Crippen LogP contribution >= 0.6 is 11.3 Å². The maximum Gasteiger partial charge on any atom is 0.203 e. The van der Waals surface area contributed by atoms with Gasteiger partial charge in [-0.2, -0.15) is 0 Å². The van der Waals surface area contributed by atoms with Crippen LogP contribution in [-0.2, 0) is 0 Å². The molecule has 1 fully saturated rings. The minimum Gasteiger partial charge on any atom is -0.493 e. The molecule has 1 aliphatic rings. The first-order valence-electron chi connectivity index (χ1n) is 9.97. The molecule has 0 aliphatic carbocycles. The number of hydrogen-bond acceptors (Lipinski definition) is 6. The van der Waals surface area contributed by atoms with E-state index in [-0.39, 0.29) is 6.04 Å². The van der Waals surface area contributed by atoms with Crippen molar-refractivity contribution in [1.82, 2.24) is 10.2 Å². The predicted molar refractivity (Wildman–Crippen MR) is 119 cm³/mol. The van der Waals surface area contributed by atoms with Crippen molar-refractivity contribution < 1.29 is 14.2 Å². The van der Waals surface area contributed by atoms with Crippen LogP contribution in [0, 0.1) is 0 Å². The van der Waals surface area contributed by atoms with Gasteiger partial charge in [-0.3, -0.25) is 4.90 Å². The Bertz CT molecular complexity index is 939. The zero-order valence-corrected chi connectivity index (χ0v) is 18.1. The zero-order valence-electron chi connectivity index (χ0n) is 17.2. The third kappa shape index (κ3) is 3.92. The maximum absolute atomic E-state index is 5.65. The van der Waals surface area contributed by atoms with Crippen molar-refractivity contribution in [3.8, 4) is 17.2 Å². The summed E-state index contributed by atoms with van der Waals surface area (Å²) < 4.78 is 18.2. The number of hydrogen-bond donors (Lipinski definition) is 1. The summed E-state index contributed by atoms with van der Waals surface area (Å²) in [6.07, 6.45) is 1.13. The summed E-state index contributed by atoms with van der Waals surface area (Å²) in [5.41, 5.74) is 2.49. The van der Waals surface area contributed by atoms with Gasteiger partial charge in [0.2, 0.25) is 5.75 Å². The van der Waals surface area contributed by atoms with Gasteiger partial charge in [0, 0.05) is 24.3 Å². The fourth-order valence-corrected chi connectivity index (χ4v) is 5.16. The lowest BCUT2D eigenvalue weighted by atomic mass is 9.95. The van der Waals surface area contributed by atoms with Crippen molar-refractivity contribution in [3.05, 3.63) is 52.9 Å². The summed E-state index contributed by atoms with van der Waals surface area (Å²) in [4.78, 5) is 2.56. The molecule has 1 saturated heterocycles. The lowest BCUT2D eigenvalue weighted by Crippen LogP contribution is -2.33. The molecule has 2 heterocycles. The van der Waals surface area contributed by atoms with Crippen LogP contribution in [0.15, 0.2) is 41.8 Å². The maximum atomic E-state index is 5.65. The molecule has 3 aromatic rings. The Hall–Kier alpha value is -2.28. The number of nitrogens with zero attached hydrogens (tertiary/aromatic N) is 1. The van der Waals surface area contributed by atoms with E-state index in [1.54, 1.807) is 32.7 Å². The van der Waals surface area contributed by atoms with Crippen molar-refractivity contribution in [2.75, 3.05) is 47.5 Å². The SMILES string of the molecule is COc1cc(C(c2csc3ccccc23)N2CCCNCC2)cc(OC)c1OC. The van der Waals surface area contributed by atoms with E-state index in [1.807, 2.05) is 0 Å². The summed E-state index contributed by atoms with van der Waals surface area (Å²) in [5, 5.41) is 7.14. The van der Waals surface area contributed by atoms with Gasteiger partial charge in [0.05, 0.1) is 27.4 Å². The molecule has 4 rings (SSSR count). The van der Waals surface area contributed by atoms with Gasteiger partial charge >= 0.3 is 0 Å². The van der Waals surface area contributed by atoms with Crippen LogP contribution < -0.4 is 19.5 Å². The van der Waals surface area contributed by atoms with Crippen molar-refractivity contribution in [1.29, 1.82) is 0 Å². The fourth-order valence-electron chi connectivity index (χ4n) is 4.18. The second kappa shape index (κ2) is 9.03. The van der Waals surface area contributed by atoms with Crippen LogP contribution in [0.25, 0.3) is 10.1 Å². The van der Waals surface area contributed by atoms with E-state index < -0.39 is 0 Å². The molecule has 5 nitrogen and oxygen atoms in total. The molecule has 2 aromatic carbocycles. The second-order valence-electron chi connectivity index (χ2n) is 7.19. The first-order chi connectivity index (χ1) is 14.3. The summed E-state index contributed by atoms with van der Waals surface area (Å²) in [7, 11) is 4.99. The van der Waals surface area contributed by atoms with E-state index in [0.29, 0.717) is 17.2 Å². The van der Waals surface area contributed by atoms with Crippen molar-refractivity contribution in [2.45, 2.75) is 12.5 Å². The van der Waals surface area contributed by atoms with Gasteiger partial charge in [0.25, 0.3) is 0 Å². The Morgan fingerprint density at radius 1 is 0.966 bits per heavy atom. The number of nitrogens with one attached hydrogen (secondary N) is 1. The highest BCUT2D eigenvalue weighted by atomic mass is 32.1. The van der Waals surface area contributed by atoms with Crippen molar-refractivity contribution >= 4 is 21.4 Å². The minimum atomic E-state index is 0.125. The van der Waals surface area contributed by atoms with Crippen LogP contribution in [0.2, 0.25) is 0 Å². The quantitative estimate of drug-likeness (QED) is 0.653. The average Bonchev–Trinajstić information content (AvgIpc) is 2.99. The Morgan fingerprint density at radius 3 is 2.45 bits per heavy atom. The highest BCUT2D eigenvalue weighted by Gasteiger charge is 2.28. The second-order valence-corrected chi connectivity index (χ2v) is 8.10. The van der Waals surface area contributed by atoms with Gasteiger partial charge < -0.3 is 19.5 Å². The molecule has 0 bridgehead atoms. The standard InChI is InChI=1S/C23H28N2O3S/c1-26-19-13-16(14-20(27-2)23(19)28-3)22(25-11-6-9-24-10-12-25)18-15-29-21-8-5-4-7-17(18)21/h4-5,7-8,13-15,22,24H,6,9-12H2,1-3H3. The van der Waals surface area contributed by atoms with Gasteiger partial charge in [-0.05, 0) is 53.1 Å². The molecule has 154 valence electrons. The van der Waals surface area contributed by atoms with E-state index in [4.69, 9.17) is 14.2 Å². The number of ether oxygens (including phenoxy) is 3. The first kappa shape index (κ1) is 20.0. The molecule has 0 radical (unpaired) electrons. The van der Waals surface area contributed by atoms with Crippen LogP contribution in [0.3, 0.4) is 0 Å². The molecule has 0 saturated carbocycles. The molecule has 1 unspecified atom stereocenters. The van der Waals surface area contributed by atoms with E-state index in [1.165, 1.54) is 15.6 Å². The zero-order chi connectivity index (χ0) is 20.2. The van der Waals surface area contributed by atoms with E-state index in [9.17, 15) is 0 Å². The fraction of sp³-hybridized carbons (Fsp3) is 0.391. The van der Waals surface area contributed by atoms with Crippen molar-refractivity contribution in [3.63, 3.8) is 0 Å². The van der Waals surface area contributed by atoms with Crippen LogP contribution in [-0.4, -0.2) is 52.4 Å². The highest BCUT2D eigenvalue weighted by Crippen LogP contribution is 2.44. The molecular formula is C23H28N2O3S. The van der Waals surface area contributed by atoms with E-state index >= 15 is 0 Å². The molecule has 1 aliphatic heterocycles. The van der Waals surface area contributed by atoms with Crippen molar-refractivity contribution in [2.24, 2.45) is 0 Å². The smallest absolute Gasteiger partial charge is 0.203 e. The monoisotopic (exact) mass is 412 g/mol. The Kier molecular flexibility index (Phi) is 6.23. The number of benzene rings is 2. The molecule has 0 spiro atoms. The lowest BCUT2D eigenvalue weighted by molar-refractivity contribution is 0.241. The molecule has 0 amide bonds. The summed E-state index contributed by atoms with van der Waals surface area (Å²) in [6, 6.07) is 13.0. The topological polar surface area (TPSA) is 43.0 Å². The highest BCUT2D eigenvalue weighted by molar-refractivity contribution is 7.17.